The number of methoxy groups -OCH3 is 3. The second-order valence-electron chi connectivity index (χ2n) is 7.60. The molecule has 2 N–H and O–H groups in total. The van der Waals surface area contributed by atoms with Crippen LogP contribution in [0.25, 0.3) is 0 Å². The van der Waals surface area contributed by atoms with Crippen LogP contribution in [0, 0.1) is 11.8 Å². The van der Waals surface area contributed by atoms with Crippen molar-refractivity contribution in [2.75, 3.05) is 47.5 Å². The lowest BCUT2D eigenvalue weighted by Gasteiger charge is -2.21. The van der Waals surface area contributed by atoms with Crippen LogP contribution >= 0.6 is 0 Å². The number of urea groups is 1. The number of rotatable bonds is 8. The molecule has 0 aromatic heterocycles. The summed E-state index contributed by atoms with van der Waals surface area (Å²) in [7, 11) is 4.69. The summed E-state index contributed by atoms with van der Waals surface area (Å²) in [5.74, 6) is 1.67. The lowest BCUT2D eigenvalue weighted by molar-refractivity contribution is -0.125. The van der Waals surface area contributed by atoms with Crippen LogP contribution in [-0.2, 0) is 4.79 Å². The number of amides is 3. The second-order valence-corrected chi connectivity index (χ2v) is 7.60. The number of nitrogens with zero attached hydrogens (tertiary/aromatic N) is 1. The number of nitrogens with one attached hydrogen (secondary N) is 2. The van der Waals surface area contributed by atoms with E-state index < -0.39 is 0 Å². The molecule has 29 heavy (non-hydrogen) atoms. The summed E-state index contributed by atoms with van der Waals surface area (Å²) < 4.78 is 16.4. The Bertz CT molecular complexity index is 725. The summed E-state index contributed by atoms with van der Waals surface area (Å²) in [6.07, 6.45) is 2.35. The van der Waals surface area contributed by atoms with Crippen molar-refractivity contribution in [3.05, 3.63) is 17.7 Å². The van der Waals surface area contributed by atoms with Crippen molar-refractivity contribution in [3.8, 4) is 17.2 Å². The van der Waals surface area contributed by atoms with E-state index in [1.165, 1.54) is 12.8 Å². The average molecular weight is 405 g/mol. The zero-order valence-corrected chi connectivity index (χ0v) is 17.6. The number of carbonyl (C=O) groups is 2. The zero-order valence-electron chi connectivity index (χ0n) is 17.6. The number of hydrogen-bond acceptors (Lipinski definition) is 5. The zero-order chi connectivity index (χ0) is 21.0. The van der Waals surface area contributed by atoms with Crippen molar-refractivity contribution in [1.29, 1.82) is 0 Å². The highest BCUT2D eigenvalue weighted by molar-refractivity contribution is 5.83. The van der Waals surface area contributed by atoms with E-state index in [1.807, 2.05) is 19.1 Å². The smallest absolute Gasteiger partial charge is 0.317 e. The molecule has 0 radical (unpaired) electrons. The first-order chi connectivity index (χ1) is 14.0. The fourth-order valence-corrected chi connectivity index (χ4v) is 3.85. The molecule has 0 spiro atoms. The maximum Gasteiger partial charge on any atom is 0.317 e. The molecule has 2 aliphatic rings. The normalized spacial score (nSPS) is 20.9. The van der Waals surface area contributed by atoms with Crippen LogP contribution < -0.4 is 24.8 Å². The van der Waals surface area contributed by atoms with Gasteiger partial charge >= 0.3 is 6.03 Å². The fraction of sp³-hybridized carbons (Fsp3) is 0.619. The van der Waals surface area contributed by atoms with Crippen molar-refractivity contribution in [2.24, 2.45) is 11.8 Å². The number of likely N-dealkylation sites (tertiary alicyclic amines) is 1. The maximum atomic E-state index is 13.0. The summed E-state index contributed by atoms with van der Waals surface area (Å²) >= 11 is 0. The molecule has 0 unspecified atom stereocenters. The van der Waals surface area contributed by atoms with E-state index in [0.29, 0.717) is 49.3 Å². The van der Waals surface area contributed by atoms with Gasteiger partial charge in [-0.2, -0.15) is 0 Å². The maximum absolute atomic E-state index is 13.0. The second kappa shape index (κ2) is 9.24. The van der Waals surface area contributed by atoms with Crippen LogP contribution in [0.5, 0.6) is 17.2 Å². The summed E-state index contributed by atoms with van der Waals surface area (Å²) in [5.41, 5.74) is 0.887. The van der Waals surface area contributed by atoms with Gasteiger partial charge in [0.15, 0.2) is 11.5 Å². The number of carbonyl (C=O) groups excluding carboxylic acids is 2. The summed E-state index contributed by atoms with van der Waals surface area (Å²) in [6, 6.07) is 3.59. The van der Waals surface area contributed by atoms with Gasteiger partial charge in [-0.3, -0.25) is 4.79 Å². The molecule has 2 fully saturated rings. The molecule has 1 aromatic rings. The van der Waals surface area contributed by atoms with Crippen LogP contribution in [0.2, 0.25) is 0 Å². The Morgan fingerprint density at radius 1 is 1.03 bits per heavy atom. The molecule has 160 valence electrons. The largest absolute Gasteiger partial charge is 0.493 e. The van der Waals surface area contributed by atoms with Crippen molar-refractivity contribution >= 4 is 11.9 Å². The van der Waals surface area contributed by atoms with Gasteiger partial charge in [-0.05, 0) is 43.4 Å². The van der Waals surface area contributed by atoms with Crippen molar-refractivity contribution in [2.45, 2.75) is 25.7 Å². The SMILES string of the molecule is CCNC(=O)N1C[C@H](C(=O)NCC2CC2)[C@@H](c2cc(OC)c(OC)c(OC)c2)C1. The minimum atomic E-state index is -0.334. The van der Waals surface area contributed by atoms with E-state index >= 15 is 0 Å². The molecule has 8 heteroatoms. The van der Waals surface area contributed by atoms with Crippen LogP contribution in [0.15, 0.2) is 12.1 Å². The van der Waals surface area contributed by atoms with Gasteiger partial charge < -0.3 is 29.7 Å². The number of benzene rings is 1. The van der Waals surface area contributed by atoms with E-state index in [2.05, 4.69) is 10.6 Å². The van der Waals surface area contributed by atoms with E-state index in [4.69, 9.17) is 14.2 Å². The molecule has 1 aromatic carbocycles. The third-order valence-corrected chi connectivity index (χ3v) is 5.65. The number of ether oxygens (including phenoxy) is 3. The van der Waals surface area contributed by atoms with Gasteiger partial charge in [-0.25, -0.2) is 4.79 Å². The van der Waals surface area contributed by atoms with E-state index in [0.717, 1.165) is 5.56 Å². The van der Waals surface area contributed by atoms with E-state index in [1.54, 1.807) is 26.2 Å². The molecule has 1 heterocycles. The van der Waals surface area contributed by atoms with Crippen molar-refractivity contribution < 1.29 is 23.8 Å². The van der Waals surface area contributed by atoms with Crippen LogP contribution in [0.4, 0.5) is 4.79 Å². The molecular weight excluding hydrogens is 374 g/mol. The Labute approximate surface area is 171 Å². The first-order valence-corrected chi connectivity index (χ1v) is 10.1. The third-order valence-electron chi connectivity index (χ3n) is 5.65. The van der Waals surface area contributed by atoms with Crippen LogP contribution in [0.1, 0.15) is 31.2 Å². The Morgan fingerprint density at radius 3 is 2.21 bits per heavy atom. The topological polar surface area (TPSA) is 89.1 Å². The minimum Gasteiger partial charge on any atom is -0.493 e. The van der Waals surface area contributed by atoms with Gasteiger partial charge in [0.05, 0.1) is 27.2 Å². The lowest BCUT2D eigenvalue weighted by atomic mass is 9.88. The summed E-state index contributed by atoms with van der Waals surface area (Å²) in [4.78, 5) is 27.1. The van der Waals surface area contributed by atoms with Crippen LogP contribution in [0.3, 0.4) is 0 Å². The van der Waals surface area contributed by atoms with Gasteiger partial charge in [0, 0.05) is 32.1 Å². The summed E-state index contributed by atoms with van der Waals surface area (Å²) in [5, 5.41) is 5.90. The Balaban J connectivity index is 1.89. The molecule has 1 saturated heterocycles. The quantitative estimate of drug-likeness (QED) is 0.690. The molecule has 3 amide bonds. The lowest BCUT2D eigenvalue weighted by Crippen LogP contribution is -2.40. The van der Waals surface area contributed by atoms with Crippen LogP contribution in [-0.4, -0.2) is 64.3 Å². The Morgan fingerprint density at radius 2 is 1.69 bits per heavy atom. The van der Waals surface area contributed by atoms with Crippen molar-refractivity contribution in [1.82, 2.24) is 15.5 Å². The van der Waals surface area contributed by atoms with Gasteiger partial charge in [0.25, 0.3) is 0 Å². The minimum absolute atomic E-state index is 0.0116. The van der Waals surface area contributed by atoms with Gasteiger partial charge in [0.2, 0.25) is 11.7 Å². The molecule has 1 aliphatic heterocycles. The predicted molar refractivity (Wildman–Crippen MR) is 109 cm³/mol. The molecule has 8 nitrogen and oxygen atoms in total. The molecule has 1 saturated carbocycles. The monoisotopic (exact) mass is 405 g/mol. The molecular formula is C21H31N3O5. The molecule has 2 atom stereocenters. The first kappa shape index (κ1) is 21.1. The molecule has 1 aliphatic carbocycles. The van der Waals surface area contributed by atoms with Gasteiger partial charge in [-0.15, -0.1) is 0 Å². The highest BCUT2D eigenvalue weighted by Gasteiger charge is 2.41. The highest BCUT2D eigenvalue weighted by atomic mass is 16.5. The Kier molecular flexibility index (Phi) is 6.71. The third kappa shape index (κ3) is 4.68. The Hall–Kier alpha value is -2.64. The summed E-state index contributed by atoms with van der Waals surface area (Å²) in [6.45, 7) is 3.96. The predicted octanol–water partition coefficient (Wildman–Crippen LogP) is 1.98. The van der Waals surface area contributed by atoms with E-state index in [9.17, 15) is 9.59 Å². The first-order valence-electron chi connectivity index (χ1n) is 10.1. The van der Waals surface area contributed by atoms with Crippen molar-refractivity contribution in [3.63, 3.8) is 0 Å². The van der Waals surface area contributed by atoms with Gasteiger partial charge in [0.1, 0.15) is 0 Å². The average Bonchev–Trinajstić information content (AvgIpc) is 3.46. The standard InChI is InChI=1S/C21H31N3O5/c1-5-22-21(26)24-11-15(16(12-24)20(25)23-10-13-6-7-13)14-8-17(27-2)19(29-4)18(9-14)28-3/h8-9,13,15-16H,5-7,10-12H2,1-4H3,(H,22,26)(H,23,25)/t15-,16+/m1/s1. The highest BCUT2D eigenvalue weighted by Crippen LogP contribution is 2.43. The van der Waals surface area contributed by atoms with E-state index in [-0.39, 0.29) is 23.8 Å². The molecule has 3 rings (SSSR count). The van der Waals surface area contributed by atoms with Gasteiger partial charge in [-0.1, -0.05) is 0 Å². The fourth-order valence-electron chi connectivity index (χ4n) is 3.85. The molecule has 0 bridgehead atoms. The number of hydrogen-bond donors (Lipinski definition) is 2.